The van der Waals surface area contributed by atoms with Crippen LogP contribution in [0.15, 0.2) is 28.9 Å². The van der Waals surface area contributed by atoms with Crippen LogP contribution in [0.5, 0.6) is 0 Å². The summed E-state index contributed by atoms with van der Waals surface area (Å²) in [5, 5.41) is 3.52. The van der Waals surface area contributed by atoms with E-state index in [-0.39, 0.29) is 0 Å². The third-order valence-corrected chi connectivity index (χ3v) is 2.24. The molecule has 1 heterocycles. The minimum atomic E-state index is -0.466. The van der Waals surface area contributed by atoms with Gasteiger partial charge in [0.15, 0.2) is 0 Å². The van der Waals surface area contributed by atoms with Crippen molar-refractivity contribution in [2.75, 3.05) is 11.9 Å². The number of hydrogen-bond donors (Lipinski definition) is 1. The lowest BCUT2D eigenvalue weighted by atomic mass is 10.2. The van der Waals surface area contributed by atoms with Gasteiger partial charge in [0.1, 0.15) is 11.8 Å². The van der Waals surface area contributed by atoms with E-state index in [0.717, 1.165) is 16.5 Å². The van der Waals surface area contributed by atoms with Gasteiger partial charge in [-0.15, -0.1) is 0 Å². The predicted molar refractivity (Wildman–Crippen MR) is 61.6 cm³/mol. The number of fused-ring (bicyclic) bond motifs is 1. The van der Waals surface area contributed by atoms with Gasteiger partial charge in [0, 0.05) is 5.39 Å². The van der Waals surface area contributed by atoms with Crippen molar-refractivity contribution in [3.05, 3.63) is 30.0 Å². The van der Waals surface area contributed by atoms with Gasteiger partial charge in [-0.3, -0.25) is 5.32 Å². The second kappa shape index (κ2) is 4.26. The molecule has 0 spiro atoms. The molecule has 0 aliphatic heterocycles. The van der Waals surface area contributed by atoms with Gasteiger partial charge in [0.25, 0.3) is 0 Å². The Balaban J connectivity index is 2.30. The first kappa shape index (κ1) is 10.5. The molecule has 0 unspecified atom stereocenters. The second-order valence-electron chi connectivity index (χ2n) is 3.49. The fourth-order valence-electron chi connectivity index (χ4n) is 1.52. The van der Waals surface area contributed by atoms with Crippen molar-refractivity contribution >= 4 is 22.7 Å². The number of aryl methyl sites for hydroxylation is 1. The van der Waals surface area contributed by atoms with E-state index in [0.29, 0.717) is 12.3 Å². The monoisotopic (exact) mass is 219 g/mol. The molecule has 0 saturated carbocycles. The zero-order valence-electron chi connectivity index (χ0n) is 9.24. The Bertz CT molecular complexity index is 516. The molecule has 84 valence electrons. The van der Waals surface area contributed by atoms with Crippen molar-refractivity contribution in [1.29, 1.82) is 0 Å². The smallest absolute Gasteiger partial charge is 0.411 e. The molecule has 0 aliphatic carbocycles. The first-order valence-electron chi connectivity index (χ1n) is 5.12. The topological polar surface area (TPSA) is 51.5 Å². The highest BCUT2D eigenvalue weighted by atomic mass is 16.5. The maximum atomic E-state index is 11.3. The standard InChI is InChI=1S/C12H13NO3/c1-3-15-12(14)13-10-7-16-11-5-4-8(2)6-9(10)11/h4-7H,3H2,1-2H3,(H,13,14). The summed E-state index contributed by atoms with van der Waals surface area (Å²) >= 11 is 0. The van der Waals surface area contributed by atoms with Crippen LogP contribution in [0.4, 0.5) is 10.5 Å². The van der Waals surface area contributed by atoms with E-state index in [1.54, 1.807) is 6.92 Å². The summed E-state index contributed by atoms with van der Waals surface area (Å²) in [6, 6.07) is 5.79. The van der Waals surface area contributed by atoms with Crippen LogP contribution in [0.1, 0.15) is 12.5 Å². The first-order valence-corrected chi connectivity index (χ1v) is 5.12. The highest BCUT2D eigenvalue weighted by molar-refractivity contribution is 5.98. The summed E-state index contributed by atoms with van der Waals surface area (Å²) in [5.41, 5.74) is 2.50. The summed E-state index contributed by atoms with van der Waals surface area (Å²) in [7, 11) is 0. The molecule has 16 heavy (non-hydrogen) atoms. The number of carbonyl (C=O) groups excluding carboxylic acids is 1. The van der Waals surface area contributed by atoms with Crippen LogP contribution in [-0.2, 0) is 4.74 Å². The van der Waals surface area contributed by atoms with E-state index in [9.17, 15) is 4.79 Å². The van der Waals surface area contributed by atoms with Gasteiger partial charge in [-0.05, 0) is 26.0 Å². The van der Waals surface area contributed by atoms with Crippen molar-refractivity contribution < 1.29 is 13.9 Å². The molecular formula is C12H13NO3. The second-order valence-corrected chi connectivity index (χ2v) is 3.49. The van der Waals surface area contributed by atoms with E-state index in [1.165, 1.54) is 6.26 Å². The van der Waals surface area contributed by atoms with E-state index in [2.05, 4.69) is 5.32 Å². The first-order chi connectivity index (χ1) is 7.70. The average Bonchev–Trinajstić information content (AvgIpc) is 2.61. The normalized spacial score (nSPS) is 10.4. The van der Waals surface area contributed by atoms with Crippen molar-refractivity contribution in [3.63, 3.8) is 0 Å². The number of anilines is 1. The van der Waals surface area contributed by atoms with Crippen LogP contribution in [-0.4, -0.2) is 12.7 Å². The molecule has 0 bridgehead atoms. The third-order valence-electron chi connectivity index (χ3n) is 2.24. The van der Waals surface area contributed by atoms with Crippen molar-refractivity contribution in [3.8, 4) is 0 Å². The highest BCUT2D eigenvalue weighted by Crippen LogP contribution is 2.26. The summed E-state index contributed by atoms with van der Waals surface area (Å²) in [6.07, 6.45) is 1.05. The van der Waals surface area contributed by atoms with Crippen molar-refractivity contribution in [2.45, 2.75) is 13.8 Å². The molecule has 1 amide bonds. The quantitative estimate of drug-likeness (QED) is 0.842. The van der Waals surface area contributed by atoms with Gasteiger partial charge < -0.3 is 9.15 Å². The third kappa shape index (κ3) is 2.00. The molecule has 4 nitrogen and oxygen atoms in total. The maximum Gasteiger partial charge on any atom is 0.411 e. The maximum absolute atomic E-state index is 11.3. The Hall–Kier alpha value is -1.97. The molecule has 1 aromatic heterocycles. The van der Waals surface area contributed by atoms with Gasteiger partial charge >= 0.3 is 6.09 Å². The van der Waals surface area contributed by atoms with Gasteiger partial charge in [0.05, 0.1) is 12.3 Å². The van der Waals surface area contributed by atoms with Crippen molar-refractivity contribution in [2.24, 2.45) is 0 Å². The molecular weight excluding hydrogens is 206 g/mol. The minimum Gasteiger partial charge on any atom is -0.462 e. The number of hydrogen-bond acceptors (Lipinski definition) is 3. The Morgan fingerprint density at radius 3 is 3.06 bits per heavy atom. The number of benzene rings is 1. The van der Waals surface area contributed by atoms with Gasteiger partial charge in [0.2, 0.25) is 0 Å². The van der Waals surface area contributed by atoms with Gasteiger partial charge in [-0.1, -0.05) is 11.6 Å². The lowest BCUT2D eigenvalue weighted by Crippen LogP contribution is -2.12. The van der Waals surface area contributed by atoms with E-state index >= 15 is 0 Å². The van der Waals surface area contributed by atoms with Crippen LogP contribution in [0, 0.1) is 6.92 Å². The lowest BCUT2D eigenvalue weighted by Gasteiger charge is -2.02. The molecule has 2 rings (SSSR count). The molecule has 2 aromatic rings. The number of carbonyl (C=O) groups is 1. The SMILES string of the molecule is CCOC(=O)Nc1coc2ccc(C)cc12. The zero-order chi connectivity index (χ0) is 11.5. The molecule has 0 aliphatic rings. The minimum absolute atomic E-state index is 0.348. The van der Waals surface area contributed by atoms with E-state index < -0.39 is 6.09 Å². The van der Waals surface area contributed by atoms with Crippen LogP contribution in [0.25, 0.3) is 11.0 Å². The molecule has 0 saturated heterocycles. The summed E-state index contributed by atoms with van der Waals surface area (Å²) < 4.78 is 10.1. The number of amides is 1. The van der Waals surface area contributed by atoms with Crippen LogP contribution in [0.2, 0.25) is 0 Å². The number of nitrogens with one attached hydrogen (secondary N) is 1. The Kier molecular flexibility index (Phi) is 2.81. The zero-order valence-corrected chi connectivity index (χ0v) is 9.24. The largest absolute Gasteiger partial charge is 0.462 e. The fraction of sp³-hybridized carbons (Fsp3) is 0.250. The van der Waals surface area contributed by atoms with Gasteiger partial charge in [-0.25, -0.2) is 4.79 Å². The Morgan fingerprint density at radius 1 is 1.50 bits per heavy atom. The fourth-order valence-corrected chi connectivity index (χ4v) is 1.52. The molecule has 1 aromatic carbocycles. The molecule has 0 atom stereocenters. The number of furan rings is 1. The summed E-state index contributed by atoms with van der Waals surface area (Å²) in [5.74, 6) is 0. The number of ether oxygens (including phenoxy) is 1. The predicted octanol–water partition coefficient (Wildman–Crippen LogP) is 3.31. The molecule has 0 fully saturated rings. The summed E-state index contributed by atoms with van der Waals surface area (Å²) in [4.78, 5) is 11.3. The van der Waals surface area contributed by atoms with Crippen molar-refractivity contribution in [1.82, 2.24) is 0 Å². The van der Waals surface area contributed by atoms with Crippen LogP contribution >= 0.6 is 0 Å². The summed E-state index contributed by atoms with van der Waals surface area (Å²) in [6.45, 7) is 4.10. The van der Waals surface area contributed by atoms with Crippen LogP contribution < -0.4 is 5.32 Å². The van der Waals surface area contributed by atoms with Gasteiger partial charge in [-0.2, -0.15) is 0 Å². The van der Waals surface area contributed by atoms with E-state index in [4.69, 9.17) is 9.15 Å². The Labute approximate surface area is 93.2 Å². The number of rotatable bonds is 2. The average molecular weight is 219 g/mol. The molecule has 1 N–H and O–H groups in total. The Morgan fingerprint density at radius 2 is 2.31 bits per heavy atom. The van der Waals surface area contributed by atoms with Crippen LogP contribution in [0.3, 0.4) is 0 Å². The molecule has 0 radical (unpaired) electrons. The highest BCUT2D eigenvalue weighted by Gasteiger charge is 2.09. The molecule has 4 heteroatoms. The lowest BCUT2D eigenvalue weighted by molar-refractivity contribution is 0.168. The van der Waals surface area contributed by atoms with E-state index in [1.807, 2.05) is 25.1 Å².